The maximum Gasteiger partial charge on any atom is 0.272 e. The molecule has 1 aliphatic carbocycles. The van der Waals surface area contributed by atoms with Crippen LogP contribution in [0.25, 0.3) is 5.69 Å². The molecule has 0 unspecified atom stereocenters. The molecule has 0 saturated carbocycles. The second kappa shape index (κ2) is 9.87. The van der Waals surface area contributed by atoms with Crippen LogP contribution in [0.5, 0.6) is 0 Å². The van der Waals surface area contributed by atoms with E-state index in [1.165, 1.54) is 30.5 Å². The van der Waals surface area contributed by atoms with Gasteiger partial charge in [-0.2, -0.15) is 5.10 Å². The van der Waals surface area contributed by atoms with Crippen molar-refractivity contribution in [2.24, 2.45) is 0 Å². The zero-order valence-corrected chi connectivity index (χ0v) is 19.0. The molecule has 1 aliphatic heterocycles. The van der Waals surface area contributed by atoms with Gasteiger partial charge in [-0.25, -0.2) is 9.07 Å². The molecule has 33 heavy (non-hydrogen) atoms. The number of halogens is 1. The predicted molar refractivity (Wildman–Crippen MR) is 127 cm³/mol. The molecule has 5 nitrogen and oxygen atoms in total. The van der Waals surface area contributed by atoms with E-state index in [1.54, 1.807) is 12.1 Å². The fraction of sp³-hybridized carbons (Fsp3) is 0.407. The number of fused-ring (bicyclic) bond motifs is 1. The summed E-state index contributed by atoms with van der Waals surface area (Å²) in [6.07, 6.45) is 7.53. The molecule has 2 aromatic carbocycles. The van der Waals surface area contributed by atoms with E-state index in [4.69, 9.17) is 5.10 Å². The zero-order chi connectivity index (χ0) is 22.6. The van der Waals surface area contributed by atoms with Gasteiger partial charge in [0.2, 0.25) is 0 Å². The van der Waals surface area contributed by atoms with Gasteiger partial charge in [0.25, 0.3) is 5.91 Å². The van der Waals surface area contributed by atoms with Crippen LogP contribution < -0.4 is 5.32 Å². The molecular formula is C27H31FN4O. The van der Waals surface area contributed by atoms with Crippen molar-refractivity contribution in [3.8, 4) is 5.69 Å². The van der Waals surface area contributed by atoms with Gasteiger partial charge >= 0.3 is 0 Å². The highest BCUT2D eigenvalue weighted by Crippen LogP contribution is 2.27. The smallest absolute Gasteiger partial charge is 0.272 e. The molecule has 1 fully saturated rings. The van der Waals surface area contributed by atoms with Crippen molar-refractivity contribution in [1.29, 1.82) is 0 Å². The van der Waals surface area contributed by atoms with E-state index in [1.807, 2.05) is 10.7 Å². The summed E-state index contributed by atoms with van der Waals surface area (Å²) in [6, 6.07) is 14.7. The van der Waals surface area contributed by atoms with Crippen molar-refractivity contribution in [1.82, 2.24) is 20.0 Å². The van der Waals surface area contributed by atoms with Crippen molar-refractivity contribution in [3.05, 3.63) is 82.4 Å². The van der Waals surface area contributed by atoms with Crippen LogP contribution in [0.2, 0.25) is 0 Å². The molecule has 3 aromatic rings. The van der Waals surface area contributed by atoms with Gasteiger partial charge in [-0.3, -0.25) is 9.69 Å². The molecule has 0 atom stereocenters. The van der Waals surface area contributed by atoms with E-state index in [2.05, 4.69) is 28.4 Å². The van der Waals surface area contributed by atoms with Crippen LogP contribution in [0.3, 0.4) is 0 Å². The normalized spacial score (nSPS) is 16.4. The van der Waals surface area contributed by atoms with Crippen LogP contribution in [0, 0.1) is 5.82 Å². The van der Waals surface area contributed by atoms with Gasteiger partial charge in [0, 0.05) is 24.3 Å². The molecule has 1 saturated heterocycles. The SMILES string of the molecule is O=C(NCc1ccccc1CN1CCCC1)c1nn(-c2ccc(F)cc2)c2c1CCCCC2. The standard InChI is InChI=1S/C27H31FN4O/c28-22-12-14-23(15-13-22)32-25-11-3-1-2-10-24(25)26(30-32)27(33)29-18-20-8-4-5-9-21(20)19-31-16-6-7-17-31/h4-5,8-9,12-15H,1-3,6-7,10-11,16-19H2,(H,29,33). The van der Waals surface area contributed by atoms with Crippen LogP contribution in [0.4, 0.5) is 4.39 Å². The van der Waals surface area contributed by atoms with E-state index in [9.17, 15) is 9.18 Å². The number of amides is 1. The molecule has 0 spiro atoms. The third-order valence-corrected chi connectivity index (χ3v) is 6.87. The highest BCUT2D eigenvalue weighted by atomic mass is 19.1. The van der Waals surface area contributed by atoms with E-state index >= 15 is 0 Å². The molecule has 2 aliphatic rings. The first kappa shape index (κ1) is 21.8. The molecule has 6 heteroatoms. The first-order valence-corrected chi connectivity index (χ1v) is 12.1. The van der Waals surface area contributed by atoms with Crippen molar-refractivity contribution >= 4 is 5.91 Å². The molecule has 172 valence electrons. The number of carbonyl (C=O) groups excluding carboxylic acids is 1. The fourth-order valence-electron chi connectivity index (χ4n) is 5.08. The quantitative estimate of drug-likeness (QED) is 0.553. The van der Waals surface area contributed by atoms with Crippen molar-refractivity contribution < 1.29 is 9.18 Å². The van der Waals surface area contributed by atoms with Crippen molar-refractivity contribution in [2.45, 2.75) is 58.0 Å². The Morgan fingerprint density at radius 2 is 1.64 bits per heavy atom. The van der Waals surface area contributed by atoms with Gasteiger partial charge in [-0.15, -0.1) is 0 Å². The first-order valence-electron chi connectivity index (χ1n) is 12.1. The van der Waals surface area contributed by atoms with E-state index in [-0.39, 0.29) is 11.7 Å². The molecule has 1 aromatic heterocycles. The number of aromatic nitrogens is 2. The molecule has 1 N–H and O–H groups in total. The highest BCUT2D eigenvalue weighted by Gasteiger charge is 2.25. The Bertz CT molecular complexity index is 1120. The second-order valence-electron chi connectivity index (χ2n) is 9.16. The summed E-state index contributed by atoms with van der Waals surface area (Å²) in [5.74, 6) is -0.410. The van der Waals surface area contributed by atoms with Gasteiger partial charge in [0.1, 0.15) is 5.82 Å². The minimum absolute atomic E-state index is 0.134. The van der Waals surface area contributed by atoms with Crippen molar-refractivity contribution in [3.63, 3.8) is 0 Å². The van der Waals surface area contributed by atoms with Gasteiger partial charge in [-0.1, -0.05) is 30.7 Å². The number of nitrogens with zero attached hydrogens (tertiary/aromatic N) is 3. The Kier molecular flexibility index (Phi) is 6.53. The second-order valence-corrected chi connectivity index (χ2v) is 9.16. The lowest BCUT2D eigenvalue weighted by atomic mass is 10.1. The zero-order valence-electron chi connectivity index (χ0n) is 19.0. The number of likely N-dealkylation sites (tertiary alicyclic amines) is 1. The summed E-state index contributed by atoms with van der Waals surface area (Å²) >= 11 is 0. The summed E-state index contributed by atoms with van der Waals surface area (Å²) in [6.45, 7) is 3.71. The summed E-state index contributed by atoms with van der Waals surface area (Å²) in [5.41, 5.74) is 5.85. The van der Waals surface area contributed by atoms with E-state index < -0.39 is 0 Å². The molecule has 0 radical (unpaired) electrons. The average Bonchev–Trinajstić information content (AvgIpc) is 3.40. The van der Waals surface area contributed by atoms with Crippen molar-refractivity contribution in [2.75, 3.05) is 13.1 Å². The fourth-order valence-corrected chi connectivity index (χ4v) is 5.08. The number of benzene rings is 2. The minimum atomic E-state index is -0.275. The summed E-state index contributed by atoms with van der Waals surface area (Å²) in [7, 11) is 0. The lowest BCUT2D eigenvalue weighted by Gasteiger charge is -2.17. The lowest BCUT2D eigenvalue weighted by molar-refractivity contribution is 0.0944. The molecular weight excluding hydrogens is 415 g/mol. The molecule has 1 amide bonds. The first-order chi connectivity index (χ1) is 16.2. The Balaban J connectivity index is 1.37. The van der Waals surface area contributed by atoms with Gasteiger partial charge in [0.15, 0.2) is 5.69 Å². The summed E-state index contributed by atoms with van der Waals surface area (Å²) < 4.78 is 15.3. The number of hydrogen-bond acceptors (Lipinski definition) is 3. The van der Waals surface area contributed by atoms with Gasteiger partial charge < -0.3 is 5.32 Å². The third kappa shape index (κ3) is 4.86. The highest BCUT2D eigenvalue weighted by molar-refractivity contribution is 5.94. The third-order valence-electron chi connectivity index (χ3n) is 6.87. The van der Waals surface area contributed by atoms with E-state index in [0.29, 0.717) is 12.2 Å². The Hall–Kier alpha value is -2.99. The largest absolute Gasteiger partial charge is 0.347 e. The van der Waals surface area contributed by atoms with Crippen LogP contribution >= 0.6 is 0 Å². The lowest BCUT2D eigenvalue weighted by Crippen LogP contribution is -2.26. The van der Waals surface area contributed by atoms with E-state index in [0.717, 1.165) is 74.2 Å². The number of nitrogens with one attached hydrogen (secondary N) is 1. The van der Waals surface area contributed by atoms with Crippen LogP contribution in [0.15, 0.2) is 48.5 Å². The van der Waals surface area contributed by atoms with Gasteiger partial charge in [-0.05, 0) is 87.0 Å². The minimum Gasteiger partial charge on any atom is -0.347 e. The Labute approximate surface area is 194 Å². The molecule has 5 rings (SSSR count). The number of hydrogen-bond donors (Lipinski definition) is 1. The summed E-state index contributed by atoms with van der Waals surface area (Å²) in [4.78, 5) is 15.8. The molecule has 2 heterocycles. The monoisotopic (exact) mass is 446 g/mol. The molecule has 0 bridgehead atoms. The Morgan fingerprint density at radius 3 is 2.42 bits per heavy atom. The maximum absolute atomic E-state index is 13.5. The summed E-state index contributed by atoms with van der Waals surface area (Å²) in [5, 5.41) is 7.86. The van der Waals surface area contributed by atoms with Crippen LogP contribution in [-0.4, -0.2) is 33.7 Å². The average molecular weight is 447 g/mol. The predicted octanol–water partition coefficient (Wildman–Crippen LogP) is 4.81. The van der Waals surface area contributed by atoms with Crippen LogP contribution in [-0.2, 0) is 25.9 Å². The Morgan fingerprint density at radius 1 is 0.909 bits per heavy atom. The van der Waals surface area contributed by atoms with Gasteiger partial charge in [0.05, 0.1) is 5.69 Å². The topological polar surface area (TPSA) is 50.2 Å². The number of rotatable bonds is 6. The number of carbonyl (C=O) groups is 1. The maximum atomic E-state index is 13.5. The van der Waals surface area contributed by atoms with Crippen LogP contribution in [0.1, 0.15) is 65.0 Å².